The minimum atomic E-state index is -1.13. The highest BCUT2D eigenvalue weighted by atomic mass is 16.5. The van der Waals surface area contributed by atoms with Crippen LogP contribution in [-0.2, 0) is 19.1 Å². The number of para-hydroxylation sites is 1. The van der Waals surface area contributed by atoms with Gasteiger partial charge in [0.05, 0.1) is 0 Å². The summed E-state index contributed by atoms with van der Waals surface area (Å²) in [7, 11) is 0. The number of ketones is 1. The molecule has 0 bridgehead atoms. The van der Waals surface area contributed by atoms with Gasteiger partial charge in [0.2, 0.25) is 5.91 Å². The Kier molecular flexibility index (Phi) is 5.92. The quantitative estimate of drug-likeness (QED) is 0.475. The summed E-state index contributed by atoms with van der Waals surface area (Å²) in [6.07, 6.45) is 1.99. The van der Waals surface area contributed by atoms with Crippen molar-refractivity contribution in [2.45, 2.75) is 33.6 Å². The Labute approximate surface area is 151 Å². The van der Waals surface area contributed by atoms with E-state index in [0.717, 1.165) is 0 Å². The molecular formula is C19H21NO6. The number of carbonyl (C=O) groups is 4. The topological polar surface area (TPSA) is 98.8 Å². The number of hydrogen-bond acceptors (Lipinski definition) is 6. The lowest BCUT2D eigenvalue weighted by Crippen LogP contribution is -2.49. The van der Waals surface area contributed by atoms with E-state index in [0.29, 0.717) is 12.8 Å². The first-order valence-electron chi connectivity index (χ1n) is 8.35. The van der Waals surface area contributed by atoms with Gasteiger partial charge in [-0.15, -0.1) is 0 Å². The summed E-state index contributed by atoms with van der Waals surface area (Å²) in [5.74, 6) is -1.89. The van der Waals surface area contributed by atoms with Crippen molar-refractivity contribution in [2.75, 3.05) is 6.61 Å². The van der Waals surface area contributed by atoms with E-state index in [2.05, 4.69) is 5.32 Å². The fourth-order valence-electron chi connectivity index (χ4n) is 2.87. The number of carbonyl (C=O) groups excluding carboxylic acids is 4. The van der Waals surface area contributed by atoms with Crippen LogP contribution in [0.15, 0.2) is 36.0 Å². The Hall–Kier alpha value is -2.96. The maximum atomic E-state index is 12.7. The van der Waals surface area contributed by atoms with Gasteiger partial charge in [-0.05, 0) is 25.0 Å². The lowest BCUT2D eigenvalue weighted by atomic mass is 9.73. The van der Waals surface area contributed by atoms with Crippen molar-refractivity contribution in [3.63, 3.8) is 0 Å². The van der Waals surface area contributed by atoms with Crippen LogP contribution in [0.5, 0.6) is 5.75 Å². The molecule has 0 radical (unpaired) electrons. The van der Waals surface area contributed by atoms with E-state index >= 15 is 0 Å². The summed E-state index contributed by atoms with van der Waals surface area (Å²) < 4.78 is 10.2. The van der Waals surface area contributed by atoms with E-state index in [1.165, 1.54) is 25.3 Å². The van der Waals surface area contributed by atoms with Crippen molar-refractivity contribution in [2.24, 2.45) is 5.41 Å². The van der Waals surface area contributed by atoms with Crippen LogP contribution in [0.25, 0.3) is 0 Å². The highest BCUT2D eigenvalue weighted by Crippen LogP contribution is 2.33. The molecule has 26 heavy (non-hydrogen) atoms. The largest absolute Gasteiger partial charge is 0.457 e. The Morgan fingerprint density at radius 1 is 1.12 bits per heavy atom. The molecule has 0 unspecified atom stereocenters. The van der Waals surface area contributed by atoms with Crippen LogP contribution in [0, 0.1) is 5.41 Å². The molecule has 1 amide bonds. The number of hydrogen-bond donors (Lipinski definition) is 1. The van der Waals surface area contributed by atoms with Crippen LogP contribution < -0.4 is 10.1 Å². The molecule has 0 saturated heterocycles. The highest BCUT2D eigenvalue weighted by molar-refractivity contribution is 6.16. The molecule has 2 rings (SSSR count). The Balaban J connectivity index is 2.14. The zero-order chi connectivity index (χ0) is 19.3. The molecule has 0 atom stereocenters. The minimum absolute atomic E-state index is 0.0767. The smallest absolute Gasteiger partial charge is 0.342 e. The summed E-state index contributed by atoms with van der Waals surface area (Å²) in [6.45, 7) is 4.48. The zero-order valence-electron chi connectivity index (χ0n) is 15.0. The third-order valence-electron chi connectivity index (χ3n) is 4.46. The fraction of sp³-hybridized carbons (Fsp3) is 0.368. The SMILES string of the molecule is CCC1(CC)C(=O)NC=C(COC(=O)c2ccccc2OC(C)=O)C1=O. The molecule has 1 aromatic carbocycles. The van der Waals surface area contributed by atoms with Gasteiger partial charge in [0.25, 0.3) is 0 Å². The molecule has 1 aliphatic rings. The molecule has 1 N–H and O–H groups in total. The average molecular weight is 359 g/mol. The highest BCUT2D eigenvalue weighted by Gasteiger charge is 2.46. The van der Waals surface area contributed by atoms with Crippen LogP contribution in [0.2, 0.25) is 0 Å². The third kappa shape index (κ3) is 3.66. The van der Waals surface area contributed by atoms with E-state index in [9.17, 15) is 19.2 Å². The van der Waals surface area contributed by atoms with Gasteiger partial charge in [-0.1, -0.05) is 26.0 Å². The summed E-state index contributed by atoms with van der Waals surface area (Å²) in [5, 5.41) is 2.57. The lowest BCUT2D eigenvalue weighted by molar-refractivity contribution is -0.141. The van der Waals surface area contributed by atoms with E-state index in [-0.39, 0.29) is 35.2 Å². The molecule has 1 heterocycles. The molecule has 1 aliphatic heterocycles. The first-order chi connectivity index (χ1) is 12.4. The van der Waals surface area contributed by atoms with Gasteiger partial charge in [-0.25, -0.2) is 4.79 Å². The molecule has 1 aromatic rings. The van der Waals surface area contributed by atoms with Crippen LogP contribution in [0.1, 0.15) is 44.0 Å². The lowest BCUT2D eigenvalue weighted by Gasteiger charge is -2.32. The number of rotatable bonds is 6. The number of benzene rings is 1. The summed E-state index contributed by atoms with van der Waals surface area (Å²) >= 11 is 0. The maximum absolute atomic E-state index is 12.7. The van der Waals surface area contributed by atoms with Crippen LogP contribution >= 0.6 is 0 Å². The molecule has 7 heteroatoms. The molecular weight excluding hydrogens is 338 g/mol. The second-order valence-corrected chi connectivity index (χ2v) is 5.93. The van der Waals surface area contributed by atoms with E-state index in [1.807, 2.05) is 0 Å². The number of esters is 2. The molecule has 7 nitrogen and oxygen atoms in total. The van der Waals surface area contributed by atoms with Crippen molar-refractivity contribution in [3.8, 4) is 5.75 Å². The van der Waals surface area contributed by atoms with Gasteiger partial charge in [-0.3, -0.25) is 14.4 Å². The van der Waals surface area contributed by atoms with E-state index in [4.69, 9.17) is 9.47 Å². The summed E-state index contributed by atoms with van der Waals surface area (Å²) in [4.78, 5) is 48.3. The van der Waals surface area contributed by atoms with Gasteiger partial charge in [-0.2, -0.15) is 0 Å². The van der Waals surface area contributed by atoms with E-state index in [1.54, 1.807) is 26.0 Å². The predicted molar refractivity (Wildman–Crippen MR) is 92.3 cm³/mol. The van der Waals surface area contributed by atoms with Crippen molar-refractivity contribution in [1.29, 1.82) is 0 Å². The van der Waals surface area contributed by atoms with Crippen LogP contribution in [0.3, 0.4) is 0 Å². The first-order valence-corrected chi connectivity index (χ1v) is 8.35. The van der Waals surface area contributed by atoms with Gasteiger partial charge >= 0.3 is 11.9 Å². The van der Waals surface area contributed by atoms with E-state index < -0.39 is 17.4 Å². The standard InChI is InChI=1S/C19H21NO6/c1-4-19(5-2)16(22)13(10-20-18(19)24)11-25-17(23)14-8-6-7-9-15(14)26-12(3)21/h6-10H,4-5,11H2,1-3H3,(H,20,24). The Bertz CT molecular complexity index is 776. The molecule has 0 saturated carbocycles. The normalized spacial score (nSPS) is 15.7. The maximum Gasteiger partial charge on any atom is 0.342 e. The molecule has 0 aromatic heterocycles. The predicted octanol–water partition coefficient (Wildman–Crippen LogP) is 2.16. The van der Waals surface area contributed by atoms with Crippen LogP contribution in [0.4, 0.5) is 0 Å². The van der Waals surface area contributed by atoms with Crippen molar-refractivity contribution in [3.05, 3.63) is 41.6 Å². The van der Waals surface area contributed by atoms with Crippen molar-refractivity contribution in [1.82, 2.24) is 5.32 Å². The molecule has 138 valence electrons. The summed E-state index contributed by atoms with van der Waals surface area (Å²) in [6, 6.07) is 6.16. The second-order valence-electron chi connectivity index (χ2n) is 5.93. The van der Waals surface area contributed by atoms with Crippen LogP contribution in [-0.4, -0.2) is 30.2 Å². The molecule has 0 spiro atoms. The zero-order valence-corrected chi connectivity index (χ0v) is 15.0. The monoisotopic (exact) mass is 359 g/mol. The number of ether oxygens (including phenoxy) is 2. The average Bonchev–Trinajstić information content (AvgIpc) is 2.62. The van der Waals surface area contributed by atoms with Gasteiger partial charge in [0.1, 0.15) is 23.3 Å². The van der Waals surface area contributed by atoms with Gasteiger partial charge in [0, 0.05) is 18.7 Å². The molecule has 0 aliphatic carbocycles. The fourth-order valence-corrected chi connectivity index (χ4v) is 2.87. The number of amides is 1. The van der Waals surface area contributed by atoms with Crippen molar-refractivity contribution < 1.29 is 28.7 Å². The minimum Gasteiger partial charge on any atom is -0.457 e. The number of nitrogens with one attached hydrogen (secondary N) is 1. The Morgan fingerprint density at radius 3 is 2.38 bits per heavy atom. The van der Waals surface area contributed by atoms with Gasteiger partial charge < -0.3 is 14.8 Å². The Morgan fingerprint density at radius 2 is 1.77 bits per heavy atom. The van der Waals surface area contributed by atoms with Crippen molar-refractivity contribution >= 4 is 23.6 Å². The van der Waals surface area contributed by atoms with Gasteiger partial charge in [0.15, 0.2) is 5.78 Å². The number of Topliss-reactive ketones (excluding diaryl/α,β-unsaturated/α-hetero) is 1. The molecule has 0 fully saturated rings. The summed E-state index contributed by atoms with van der Waals surface area (Å²) in [5.41, 5.74) is -0.842. The second kappa shape index (κ2) is 7.95. The first kappa shape index (κ1) is 19.4. The third-order valence-corrected chi connectivity index (χ3v) is 4.46.